The fraction of sp³-hybridized carbons (Fsp3) is 0.107. The Morgan fingerprint density at radius 1 is 0.333 bits per heavy atom. The highest BCUT2D eigenvalue weighted by Crippen LogP contribution is 2.53. The molecule has 2 aliphatic carbocycles. The topological polar surface area (TPSA) is 32.3 Å². The van der Waals surface area contributed by atoms with Gasteiger partial charge in [0.05, 0.1) is 11.0 Å². The van der Waals surface area contributed by atoms with Gasteiger partial charge < -0.3 is 9.80 Å². The van der Waals surface area contributed by atoms with Crippen molar-refractivity contribution in [1.82, 2.24) is 9.97 Å². The van der Waals surface area contributed by atoms with Crippen molar-refractivity contribution in [3.05, 3.63) is 205 Å². The van der Waals surface area contributed by atoms with Crippen LogP contribution in [-0.2, 0) is 10.8 Å². The number of nitrogens with zero attached hydrogens (tertiary/aromatic N) is 4. The summed E-state index contributed by atoms with van der Waals surface area (Å²) in [6.45, 7) is 9.33. The molecule has 2 heterocycles. The monoisotopic (exact) mass is 770 g/mol. The van der Waals surface area contributed by atoms with E-state index >= 15 is 0 Å². The first kappa shape index (κ1) is 34.7. The molecule has 4 nitrogen and oxygen atoms in total. The summed E-state index contributed by atoms with van der Waals surface area (Å²) in [5.41, 5.74) is 18.9. The first-order chi connectivity index (χ1) is 29.3. The molecule has 0 N–H and O–H groups in total. The van der Waals surface area contributed by atoms with Gasteiger partial charge in [-0.3, -0.25) is 9.97 Å². The van der Waals surface area contributed by atoms with Crippen molar-refractivity contribution in [2.75, 3.05) is 9.80 Å². The molecule has 0 saturated carbocycles. The maximum absolute atomic E-state index is 5.21. The smallest absolute Gasteiger partial charge is 0.0736 e. The Hall–Kier alpha value is -7.30. The molecule has 286 valence electrons. The van der Waals surface area contributed by atoms with E-state index in [1.165, 1.54) is 44.5 Å². The van der Waals surface area contributed by atoms with E-state index in [1.807, 2.05) is 12.4 Å². The number of hydrogen-bond acceptors (Lipinski definition) is 4. The Bertz CT molecular complexity index is 3040. The molecule has 0 fully saturated rings. The molecule has 0 atom stereocenters. The molecular formula is C56H42N4. The number of fused-ring (bicyclic) bond motifs is 6. The molecule has 0 saturated heterocycles. The predicted octanol–water partition coefficient (Wildman–Crippen LogP) is 14.9. The van der Waals surface area contributed by atoms with Crippen molar-refractivity contribution in [1.29, 1.82) is 0 Å². The minimum absolute atomic E-state index is 0.0587. The Morgan fingerprint density at radius 2 is 0.717 bits per heavy atom. The van der Waals surface area contributed by atoms with Gasteiger partial charge in [-0.05, 0) is 117 Å². The first-order valence-corrected chi connectivity index (χ1v) is 20.9. The van der Waals surface area contributed by atoms with Crippen molar-refractivity contribution in [2.24, 2.45) is 0 Å². The van der Waals surface area contributed by atoms with Crippen LogP contribution in [0, 0.1) is 0 Å². The number of rotatable bonds is 6. The minimum atomic E-state index is -0.0587. The van der Waals surface area contributed by atoms with Gasteiger partial charge in [-0.25, -0.2) is 0 Å². The lowest BCUT2D eigenvalue weighted by molar-refractivity contribution is 0.660. The normalized spacial score (nSPS) is 14.3. The maximum atomic E-state index is 5.21. The van der Waals surface area contributed by atoms with E-state index in [0.29, 0.717) is 0 Å². The fourth-order valence-electron chi connectivity index (χ4n) is 10.5. The zero-order chi connectivity index (χ0) is 40.3. The summed E-state index contributed by atoms with van der Waals surface area (Å²) in [6.07, 6.45) is 4.07. The van der Waals surface area contributed by atoms with Crippen molar-refractivity contribution in [3.8, 4) is 22.3 Å². The van der Waals surface area contributed by atoms with Crippen LogP contribution in [0.3, 0.4) is 0 Å². The molecule has 0 unspecified atom stereocenters. The van der Waals surface area contributed by atoms with Gasteiger partial charge in [-0.1, -0.05) is 125 Å². The lowest BCUT2D eigenvalue weighted by Gasteiger charge is -2.28. The number of aromatic nitrogens is 2. The predicted molar refractivity (Wildman–Crippen MR) is 250 cm³/mol. The van der Waals surface area contributed by atoms with Crippen LogP contribution in [0.25, 0.3) is 54.8 Å². The quantitative estimate of drug-likeness (QED) is 0.158. The van der Waals surface area contributed by atoms with Crippen molar-refractivity contribution in [2.45, 2.75) is 38.5 Å². The fourth-order valence-corrected chi connectivity index (χ4v) is 10.5. The number of benzene rings is 8. The van der Waals surface area contributed by atoms with Gasteiger partial charge in [-0.2, -0.15) is 0 Å². The number of hydrogen-bond donors (Lipinski definition) is 0. The summed E-state index contributed by atoms with van der Waals surface area (Å²) >= 11 is 0. The van der Waals surface area contributed by atoms with E-state index in [1.54, 1.807) is 0 Å². The van der Waals surface area contributed by atoms with Crippen LogP contribution in [-0.4, -0.2) is 9.97 Å². The van der Waals surface area contributed by atoms with E-state index in [2.05, 4.69) is 207 Å². The van der Waals surface area contributed by atoms with Crippen LogP contribution < -0.4 is 9.80 Å². The van der Waals surface area contributed by atoms with Gasteiger partial charge in [0.15, 0.2) is 0 Å². The van der Waals surface area contributed by atoms with Gasteiger partial charge in [0.1, 0.15) is 0 Å². The Balaban J connectivity index is 1.00. The zero-order valence-electron chi connectivity index (χ0n) is 34.1. The van der Waals surface area contributed by atoms with Gasteiger partial charge in [0, 0.05) is 78.9 Å². The van der Waals surface area contributed by atoms with Crippen molar-refractivity contribution < 1.29 is 0 Å². The lowest BCUT2D eigenvalue weighted by Crippen LogP contribution is -2.15. The summed E-state index contributed by atoms with van der Waals surface area (Å²) in [5, 5.41) is 4.39. The number of para-hydroxylation sites is 2. The summed E-state index contributed by atoms with van der Waals surface area (Å²) in [7, 11) is 0. The largest absolute Gasteiger partial charge is 0.310 e. The Morgan fingerprint density at radius 3 is 1.15 bits per heavy atom. The summed E-state index contributed by atoms with van der Waals surface area (Å²) in [5.74, 6) is 0. The average Bonchev–Trinajstić information content (AvgIpc) is 3.65. The second-order valence-corrected chi connectivity index (χ2v) is 17.5. The molecule has 8 aromatic carbocycles. The van der Waals surface area contributed by atoms with Gasteiger partial charge in [0.25, 0.3) is 0 Å². The van der Waals surface area contributed by atoms with Crippen molar-refractivity contribution in [3.63, 3.8) is 0 Å². The molecule has 12 rings (SSSR count). The summed E-state index contributed by atoms with van der Waals surface area (Å²) < 4.78 is 0. The molecule has 0 radical (unpaired) electrons. The molecule has 10 aromatic rings. The van der Waals surface area contributed by atoms with Gasteiger partial charge in [-0.15, -0.1) is 0 Å². The molecular weight excluding hydrogens is 729 g/mol. The van der Waals surface area contributed by atoms with Crippen LogP contribution in [0.1, 0.15) is 49.9 Å². The van der Waals surface area contributed by atoms with Crippen LogP contribution in [0.5, 0.6) is 0 Å². The molecule has 4 heteroatoms. The molecule has 2 aliphatic rings. The molecule has 0 amide bonds. The van der Waals surface area contributed by atoms with Crippen LogP contribution in [0.2, 0.25) is 0 Å². The van der Waals surface area contributed by atoms with Gasteiger partial charge >= 0.3 is 0 Å². The summed E-state index contributed by atoms with van der Waals surface area (Å²) in [6, 6.07) is 62.0. The van der Waals surface area contributed by atoms with E-state index in [-0.39, 0.29) is 10.8 Å². The SMILES string of the molecule is CC1(C)c2ccccc2-c2cc(N(c3ccccc3)c3cc4cnc5cc(N(c6ccccc6)c6ccc7c(c6)-c6ccccc6C7(C)C)cc6cnc(c3)c4c65)ccc21. The third-order valence-electron chi connectivity index (χ3n) is 13.4. The molecule has 0 aliphatic heterocycles. The second-order valence-electron chi connectivity index (χ2n) is 17.5. The third kappa shape index (κ3) is 4.97. The maximum Gasteiger partial charge on any atom is 0.0736 e. The molecule has 0 spiro atoms. The van der Waals surface area contributed by atoms with E-state index in [0.717, 1.165) is 66.7 Å². The van der Waals surface area contributed by atoms with Crippen LogP contribution >= 0.6 is 0 Å². The van der Waals surface area contributed by atoms with E-state index in [9.17, 15) is 0 Å². The molecule has 2 aromatic heterocycles. The Kier molecular flexibility index (Phi) is 7.29. The van der Waals surface area contributed by atoms with Crippen LogP contribution in [0.4, 0.5) is 34.1 Å². The van der Waals surface area contributed by atoms with Crippen molar-refractivity contribution >= 4 is 66.7 Å². The van der Waals surface area contributed by atoms with E-state index in [4.69, 9.17) is 9.97 Å². The molecule has 0 bridgehead atoms. The second kappa shape index (κ2) is 12.6. The van der Waals surface area contributed by atoms with E-state index < -0.39 is 0 Å². The Labute approximate surface area is 350 Å². The lowest BCUT2D eigenvalue weighted by atomic mass is 9.82. The standard InChI is InChI=1S/C56H42N4/c1-55(2)47-21-13-11-19-43(47)45-29-39(23-25-49(45)55)59(37-15-7-5-8-16-37)41-27-35-33-58-52-32-42(28-36-34-57-51(31-41)53(35)54(36)52)60(38-17-9-6-10-18-38)40-24-26-50-46(30-40)44-20-12-14-22-48(44)56(50,3)4/h5-34H,1-4H3. The summed E-state index contributed by atoms with van der Waals surface area (Å²) in [4.78, 5) is 15.1. The first-order valence-electron chi connectivity index (χ1n) is 20.9. The third-order valence-corrected chi connectivity index (χ3v) is 13.4. The highest BCUT2D eigenvalue weighted by atomic mass is 15.1. The van der Waals surface area contributed by atoms with Gasteiger partial charge in [0.2, 0.25) is 0 Å². The number of pyridine rings is 2. The minimum Gasteiger partial charge on any atom is -0.310 e. The zero-order valence-corrected chi connectivity index (χ0v) is 34.1. The highest BCUT2D eigenvalue weighted by Gasteiger charge is 2.37. The highest BCUT2D eigenvalue weighted by molar-refractivity contribution is 6.22. The van der Waals surface area contributed by atoms with Crippen LogP contribution in [0.15, 0.2) is 182 Å². The number of anilines is 6. The molecule has 60 heavy (non-hydrogen) atoms. The average molecular weight is 771 g/mol.